The molecule has 12 nitrogen and oxygen atoms in total. The van der Waals surface area contributed by atoms with Crippen molar-refractivity contribution in [2.24, 2.45) is 0 Å². The Kier molecular flexibility index (Phi) is 8.43. The summed E-state index contributed by atoms with van der Waals surface area (Å²) in [4.78, 5) is 33.8. The maximum Gasteiger partial charge on any atom is 0.416 e. The number of amides is 1. The zero-order chi connectivity index (χ0) is 32.1. The number of hydrogen-bond acceptors (Lipinski definition) is 8. The molecule has 0 atom stereocenters. The SMILES string of the molecule is CCc1c(N2CCN(S(=O)(=O)C3CC3)CC2)c(=O)n2nc(C3=CCOCC3)nc2n1CC(=O)Nc1ccc(C(F)(F)F)cc1Cl. The minimum atomic E-state index is -4.60. The lowest BCUT2D eigenvalue weighted by molar-refractivity contribution is -0.137. The molecule has 4 heterocycles. The van der Waals surface area contributed by atoms with Crippen molar-refractivity contribution < 1.29 is 31.1 Å². The van der Waals surface area contributed by atoms with Crippen molar-refractivity contribution in [3.8, 4) is 0 Å². The second-order valence-corrected chi connectivity index (χ2v) is 13.7. The van der Waals surface area contributed by atoms with Gasteiger partial charge in [0.2, 0.25) is 21.7 Å². The van der Waals surface area contributed by atoms with Crippen LogP contribution in [0.3, 0.4) is 0 Å². The van der Waals surface area contributed by atoms with Crippen molar-refractivity contribution in [3.05, 3.63) is 56.7 Å². The number of alkyl halides is 3. The first-order valence-electron chi connectivity index (χ1n) is 14.6. The van der Waals surface area contributed by atoms with Crippen LogP contribution in [0.1, 0.15) is 43.3 Å². The summed E-state index contributed by atoms with van der Waals surface area (Å²) >= 11 is 6.08. The molecule has 1 aromatic carbocycles. The summed E-state index contributed by atoms with van der Waals surface area (Å²) in [5, 5.41) is 6.45. The summed E-state index contributed by atoms with van der Waals surface area (Å²) in [6, 6.07) is 2.64. The number of rotatable bonds is 8. The molecule has 6 rings (SSSR count). The van der Waals surface area contributed by atoms with Gasteiger partial charge in [0.05, 0.1) is 40.4 Å². The van der Waals surface area contributed by atoms with Gasteiger partial charge in [0.1, 0.15) is 12.2 Å². The second-order valence-electron chi connectivity index (χ2n) is 11.1. The lowest BCUT2D eigenvalue weighted by Gasteiger charge is -2.36. The molecule has 2 aliphatic heterocycles. The molecular weight excluding hydrogens is 639 g/mol. The first kappa shape index (κ1) is 31.5. The maximum atomic E-state index is 14.0. The maximum absolute atomic E-state index is 14.0. The standard InChI is InChI=1S/C28H31ClF3N7O5S/c1-2-22-24(36-9-11-37(12-10-36)45(42,43)19-4-5-19)26(41)39-27(34-25(35-39)17-7-13-44-14-8-17)38(22)16-23(40)33-21-6-3-18(15-20(21)29)28(30,31)32/h3,6-7,15,19H,2,4-5,8-14,16H2,1H3,(H,33,40). The Morgan fingerprint density at radius 3 is 2.51 bits per heavy atom. The van der Waals surface area contributed by atoms with E-state index in [1.54, 1.807) is 4.57 Å². The lowest BCUT2D eigenvalue weighted by atomic mass is 10.1. The van der Waals surface area contributed by atoms with Crippen molar-refractivity contribution >= 4 is 50.3 Å². The summed E-state index contributed by atoms with van der Waals surface area (Å²) in [6.45, 7) is 3.24. The molecule has 17 heteroatoms. The van der Waals surface area contributed by atoms with E-state index in [-0.39, 0.29) is 60.1 Å². The van der Waals surface area contributed by atoms with Gasteiger partial charge in [-0.05, 0) is 49.5 Å². The van der Waals surface area contributed by atoms with Gasteiger partial charge in [0.15, 0.2) is 5.82 Å². The Labute approximate surface area is 261 Å². The van der Waals surface area contributed by atoms with Crippen LogP contribution in [0, 0.1) is 0 Å². The number of nitrogens with one attached hydrogen (secondary N) is 1. The van der Waals surface area contributed by atoms with Gasteiger partial charge in [-0.3, -0.25) is 9.59 Å². The first-order chi connectivity index (χ1) is 21.4. The highest BCUT2D eigenvalue weighted by Crippen LogP contribution is 2.34. The molecule has 45 heavy (non-hydrogen) atoms. The Morgan fingerprint density at radius 1 is 1.18 bits per heavy atom. The number of hydrogen-bond donors (Lipinski definition) is 1. The molecule has 0 unspecified atom stereocenters. The van der Waals surface area contributed by atoms with Gasteiger partial charge < -0.3 is 19.5 Å². The number of piperazine rings is 1. The first-order valence-corrected chi connectivity index (χ1v) is 16.5. The molecule has 2 aromatic heterocycles. The average molecular weight is 670 g/mol. The number of halogens is 4. The molecule has 1 aliphatic carbocycles. The van der Waals surface area contributed by atoms with Gasteiger partial charge in [-0.1, -0.05) is 24.6 Å². The number of ether oxygens (including phenoxy) is 1. The number of carbonyl (C=O) groups excluding carboxylic acids is 1. The third-order valence-corrected chi connectivity index (χ3v) is 10.9. The molecule has 1 saturated heterocycles. The highest BCUT2D eigenvalue weighted by molar-refractivity contribution is 7.90. The van der Waals surface area contributed by atoms with E-state index < -0.39 is 33.2 Å². The monoisotopic (exact) mass is 669 g/mol. The molecule has 2 fully saturated rings. The van der Waals surface area contributed by atoms with Crippen LogP contribution < -0.4 is 15.8 Å². The van der Waals surface area contributed by atoms with E-state index in [1.165, 1.54) is 4.31 Å². The van der Waals surface area contributed by atoms with Crippen LogP contribution in [0.4, 0.5) is 24.5 Å². The Balaban J connectivity index is 1.37. The number of anilines is 2. The topological polar surface area (TPSA) is 131 Å². The Hall–Kier alpha value is -3.47. The van der Waals surface area contributed by atoms with Crippen molar-refractivity contribution in [2.75, 3.05) is 49.6 Å². The normalized spacial score (nSPS) is 18.3. The summed E-state index contributed by atoms with van der Waals surface area (Å²) in [7, 11) is -3.38. The van der Waals surface area contributed by atoms with Gasteiger partial charge in [0, 0.05) is 26.2 Å². The van der Waals surface area contributed by atoms with Crippen LogP contribution in [0.25, 0.3) is 11.4 Å². The van der Waals surface area contributed by atoms with Crippen molar-refractivity contribution in [1.82, 2.24) is 23.5 Å². The highest BCUT2D eigenvalue weighted by atomic mass is 35.5. The fourth-order valence-corrected chi connectivity index (χ4v) is 7.72. The molecule has 1 N–H and O–H groups in total. The van der Waals surface area contributed by atoms with E-state index in [0.717, 1.165) is 28.3 Å². The Morgan fingerprint density at radius 2 is 1.91 bits per heavy atom. The van der Waals surface area contributed by atoms with E-state index in [4.69, 9.17) is 16.3 Å². The number of sulfonamides is 1. The summed E-state index contributed by atoms with van der Waals surface area (Å²) in [6.07, 6.45) is -0.619. The number of fused-ring (bicyclic) bond motifs is 1. The third-order valence-electron chi connectivity index (χ3n) is 8.14. The molecule has 3 aliphatic rings. The molecule has 3 aromatic rings. The predicted octanol–water partition coefficient (Wildman–Crippen LogP) is 3.18. The molecule has 242 valence electrons. The zero-order valence-electron chi connectivity index (χ0n) is 24.3. The molecule has 1 amide bonds. The number of benzene rings is 1. The van der Waals surface area contributed by atoms with Crippen LogP contribution in [-0.4, -0.2) is 82.4 Å². The molecule has 0 spiro atoms. The summed E-state index contributed by atoms with van der Waals surface area (Å²) in [5.74, 6) is -0.181. The number of aromatic nitrogens is 4. The molecule has 1 saturated carbocycles. The van der Waals surface area contributed by atoms with E-state index in [1.807, 2.05) is 17.9 Å². The fraction of sp³-hybridized carbons (Fsp3) is 0.500. The van der Waals surface area contributed by atoms with Gasteiger partial charge >= 0.3 is 6.18 Å². The second kappa shape index (κ2) is 12.0. The molecule has 0 bridgehead atoms. The van der Waals surface area contributed by atoms with Gasteiger partial charge in [-0.2, -0.15) is 27.0 Å². The minimum absolute atomic E-state index is 0.00693. The molecular formula is C28H31ClF3N7O5S. The smallest absolute Gasteiger partial charge is 0.377 e. The number of carbonyl (C=O) groups is 1. The summed E-state index contributed by atoms with van der Waals surface area (Å²) in [5.41, 5.74) is 0.150. The van der Waals surface area contributed by atoms with Crippen LogP contribution >= 0.6 is 11.6 Å². The van der Waals surface area contributed by atoms with Gasteiger partial charge in [0.25, 0.3) is 5.56 Å². The highest BCUT2D eigenvalue weighted by Gasteiger charge is 2.41. The third kappa shape index (κ3) is 6.20. The largest absolute Gasteiger partial charge is 0.416 e. The molecule has 0 radical (unpaired) electrons. The van der Waals surface area contributed by atoms with Crippen LogP contribution in [-0.2, 0) is 38.7 Å². The van der Waals surface area contributed by atoms with E-state index in [0.29, 0.717) is 50.4 Å². The summed E-state index contributed by atoms with van der Waals surface area (Å²) < 4.78 is 74.6. The number of nitrogens with zero attached hydrogens (tertiary/aromatic N) is 6. The van der Waals surface area contributed by atoms with E-state index in [2.05, 4.69) is 15.4 Å². The van der Waals surface area contributed by atoms with Crippen LogP contribution in [0.5, 0.6) is 0 Å². The zero-order valence-corrected chi connectivity index (χ0v) is 25.9. The van der Waals surface area contributed by atoms with Gasteiger partial charge in [-0.25, -0.2) is 8.42 Å². The fourth-order valence-electron chi connectivity index (χ4n) is 5.66. The van der Waals surface area contributed by atoms with Crippen molar-refractivity contribution in [2.45, 2.75) is 50.6 Å². The van der Waals surface area contributed by atoms with Crippen LogP contribution in [0.2, 0.25) is 5.02 Å². The predicted molar refractivity (Wildman–Crippen MR) is 161 cm³/mol. The van der Waals surface area contributed by atoms with E-state index in [9.17, 15) is 31.2 Å². The van der Waals surface area contributed by atoms with E-state index >= 15 is 0 Å². The van der Waals surface area contributed by atoms with Crippen molar-refractivity contribution in [3.63, 3.8) is 0 Å². The van der Waals surface area contributed by atoms with Crippen LogP contribution in [0.15, 0.2) is 29.1 Å². The Bertz CT molecular complexity index is 1850. The van der Waals surface area contributed by atoms with Gasteiger partial charge in [-0.15, -0.1) is 5.10 Å². The lowest BCUT2D eigenvalue weighted by Crippen LogP contribution is -2.51. The minimum Gasteiger partial charge on any atom is -0.377 e. The van der Waals surface area contributed by atoms with Crippen molar-refractivity contribution in [1.29, 1.82) is 0 Å². The quantitative estimate of drug-likeness (QED) is 0.387. The average Bonchev–Trinajstić information content (AvgIpc) is 3.78.